The molecule has 0 unspecified atom stereocenters. The fraction of sp³-hybridized carbons (Fsp3) is 0.0833. The van der Waals surface area contributed by atoms with Gasteiger partial charge in [0.2, 0.25) is 11.3 Å². The van der Waals surface area contributed by atoms with E-state index in [1.54, 1.807) is 55.3 Å². The lowest BCUT2D eigenvalue weighted by Gasteiger charge is -2.12. The fourth-order valence-electron chi connectivity index (χ4n) is 3.14. The highest BCUT2D eigenvalue weighted by atomic mass is 32.2. The van der Waals surface area contributed by atoms with Crippen molar-refractivity contribution in [3.05, 3.63) is 78.6 Å². The molecule has 0 spiro atoms. The first-order valence-electron chi connectivity index (χ1n) is 10.7. The predicted octanol–water partition coefficient (Wildman–Crippen LogP) is 5.22. The predicted molar refractivity (Wildman–Crippen MR) is 131 cm³/mol. The Morgan fingerprint density at radius 1 is 0.829 bits per heavy atom. The fourth-order valence-corrected chi connectivity index (χ4v) is 3.94. The Bertz CT molecular complexity index is 1440. The van der Waals surface area contributed by atoms with Gasteiger partial charge in [0.15, 0.2) is 11.6 Å². The Balaban J connectivity index is 1.36. The van der Waals surface area contributed by atoms with Crippen LogP contribution in [0, 0.1) is 0 Å². The highest BCUT2D eigenvalue weighted by Crippen LogP contribution is 2.30. The molecule has 10 nitrogen and oxygen atoms in total. The maximum Gasteiger partial charge on any atom is 0.338 e. The lowest BCUT2D eigenvalue weighted by Crippen LogP contribution is -2.05. The SMILES string of the molecule is CCOC(=O)c1ccc(Nc2nc3nonc3nc2Nc2ccc(Sc3ccncc3)cc2)cc1. The van der Waals surface area contributed by atoms with Crippen molar-refractivity contribution in [1.29, 1.82) is 0 Å². The van der Waals surface area contributed by atoms with Crippen LogP contribution in [0.4, 0.5) is 23.0 Å². The van der Waals surface area contributed by atoms with Crippen molar-refractivity contribution in [2.24, 2.45) is 0 Å². The van der Waals surface area contributed by atoms with Gasteiger partial charge in [-0.25, -0.2) is 19.4 Å². The van der Waals surface area contributed by atoms with E-state index in [1.165, 1.54) is 0 Å². The first-order chi connectivity index (χ1) is 17.2. The third-order valence-corrected chi connectivity index (χ3v) is 5.79. The summed E-state index contributed by atoms with van der Waals surface area (Å²) in [5.74, 6) is 0.492. The van der Waals surface area contributed by atoms with Crippen molar-refractivity contribution in [3.8, 4) is 0 Å². The van der Waals surface area contributed by atoms with Gasteiger partial charge in [0.05, 0.1) is 12.2 Å². The van der Waals surface area contributed by atoms with Crippen LogP contribution in [-0.4, -0.2) is 37.8 Å². The zero-order valence-electron chi connectivity index (χ0n) is 18.5. The number of nitrogens with zero attached hydrogens (tertiary/aromatic N) is 5. The van der Waals surface area contributed by atoms with Crippen LogP contribution in [0.25, 0.3) is 11.3 Å². The molecule has 2 aromatic carbocycles. The second-order valence-corrected chi connectivity index (χ2v) is 8.34. The van der Waals surface area contributed by atoms with Gasteiger partial charge in [0, 0.05) is 33.6 Å². The number of anilines is 4. The number of rotatable bonds is 8. The molecule has 35 heavy (non-hydrogen) atoms. The lowest BCUT2D eigenvalue weighted by atomic mass is 10.2. The second kappa shape index (κ2) is 10.2. The molecule has 0 radical (unpaired) electrons. The molecule has 0 atom stereocenters. The number of ether oxygens (including phenoxy) is 1. The molecule has 0 fully saturated rings. The van der Waals surface area contributed by atoms with E-state index in [-0.39, 0.29) is 17.3 Å². The highest BCUT2D eigenvalue weighted by Gasteiger charge is 2.14. The number of fused-ring (bicyclic) bond motifs is 1. The van der Waals surface area contributed by atoms with Crippen LogP contribution in [-0.2, 0) is 4.74 Å². The number of hydrogen-bond acceptors (Lipinski definition) is 11. The number of carbonyl (C=O) groups is 1. The van der Waals surface area contributed by atoms with Gasteiger partial charge in [-0.3, -0.25) is 4.98 Å². The molecule has 0 bridgehead atoms. The first-order valence-corrected chi connectivity index (χ1v) is 11.5. The van der Waals surface area contributed by atoms with Crippen LogP contribution in [0.3, 0.4) is 0 Å². The normalized spacial score (nSPS) is 10.8. The molecular weight excluding hydrogens is 466 g/mol. The molecule has 0 aliphatic rings. The Hall–Kier alpha value is -4.51. The molecule has 11 heteroatoms. The van der Waals surface area contributed by atoms with Crippen LogP contribution in [0.1, 0.15) is 17.3 Å². The van der Waals surface area contributed by atoms with E-state index >= 15 is 0 Å². The van der Waals surface area contributed by atoms with Crippen molar-refractivity contribution < 1.29 is 14.2 Å². The highest BCUT2D eigenvalue weighted by molar-refractivity contribution is 7.99. The van der Waals surface area contributed by atoms with Crippen molar-refractivity contribution in [3.63, 3.8) is 0 Å². The molecule has 0 amide bonds. The minimum Gasteiger partial charge on any atom is -0.462 e. The number of nitrogens with one attached hydrogen (secondary N) is 2. The summed E-state index contributed by atoms with van der Waals surface area (Å²) in [7, 11) is 0. The van der Waals surface area contributed by atoms with Crippen molar-refractivity contribution in [1.82, 2.24) is 25.3 Å². The number of benzene rings is 2. The molecule has 3 aromatic heterocycles. The summed E-state index contributed by atoms with van der Waals surface area (Å²) >= 11 is 1.64. The summed E-state index contributed by atoms with van der Waals surface area (Å²) in [6.07, 6.45) is 3.54. The molecule has 174 valence electrons. The quantitative estimate of drug-likeness (QED) is 0.281. The maximum absolute atomic E-state index is 11.9. The van der Waals surface area contributed by atoms with Crippen LogP contribution in [0.15, 0.2) is 87.5 Å². The molecule has 0 saturated carbocycles. The van der Waals surface area contributed by atoms with E-state index in [1.807, 2.05) is 36.4 Å². The van der Waals surface area contributed by atoms with E-state index in [4.69, 9.17) is 9.37 Å². The minimum absolute atomic E-state index is 0.269. The minimum atomic E-state index is -0.373. The average Bonchev–Trinajstić information content (AvgIpc) is 3.34. The van der Waals surface area contributed by atoms with Gasteiger partial charge >= 0.3 is 5.97 Å². The van der Waals surface area contributed by atoms with E-state index in [0.717, 1.165) is 15.5 Å². The standard InChI is InChI=1S/C24H19N7O3S/c1-2-33-24(32)15-3-5-16(6-4-15)26-20-21(29-23-22(28-20)30-34-31-23)27-17-7-9-18(10-8-17)35-19-11-13-25-14-12-19/h3-14H,2H2,1H3,(H,26,28,30)(H,27,29,31). The van der Waals surface area contributed by atoms with Gasteiger partial charge in [-0.05, 0) is 77.9 Å². The summed E-state index contributed by atoms with van der Waals surface area (Å²) in [5.41, 5.74) is 2.53. The van der Waals surface area contributed by atoms with Crippen molar-refractivity contribution in [2.75, 3.05) is 17.2 Å². The third-order valence-electron chi connectivity index (χ3n) is 4.78. The van der Waals surface area contributed by atoms with Gasteiger partial charge in [-0.2, -0.15) is 0 Å². The second-order valence-electron chi connectivity index (χ2n) is 7.19. The Kier molecular flexibility index (Phi) is 6.48. The van der Waals surface area contributed by atoms with Crippen LogP contribution < -0.4 is 10.6 Å². The van der Waals surface area contributed by atoms with Crippen LogP contribution >= 0.6 is 11.8 Å². The monoisotopic (exact) mass is 485 g/mol. The van der Waals surface area contributed by atoms with Gasteiger partial charge in [0.25, 0.3) is 0 Å². The average molecular weight is 486 g/mol. The molecule has 2 N–H and O–H groups in total. The molecule has 3 heterocycles. The molecule has 0 aliphatic heterocycles. The number of hydrogen-bond donors (Lipinski definition) is 2. The summed E-state index contributed by atoms with van der Waals surface area (Å²) in [6.45, 7) is 2.09. The van der Waals surface area contributed by atoms with Crippen LogP contribution in [0.2, 0.25) is 0 Å². The first kappa shape index (κ1) is 22.3. The van der Waals surface area contributed by atoms with Crippen molar-refractivity contribution >= 4 is 52.0 Å². The lowest BCUT2D eigenvalue weighted by molar-refractivity contribution is 0.0526. The number of carbonyl (C=O) groups excluding carboxylic acids is 1. The van der Waals surface area contributed by atoms with E-state index < -0.39 is 0 Å². The summed E-state index contributed by atoms with van der Waals surface area (Å²) in [5, 5.41) is 14.1. The van der Waals surface area contributed by atoms with E-state index in [2.05, 4.69) is 35.9 Å². The molecule has 0 aliphatic carbocycles. The van der Waals surface area contributed by atoms with Gasteiger partial charge in [-0.15, -0.1) is 0 Å². The van der Waals surface area contributed by atoms with E-state index in [9.17, 15) is 4.79 Å². The number of esters is 1. The topological polar surface area (TPSA) is 128 Å². The zero-order chi connectivity index (χ0) is 24.0. The van der Waals surface area contributed by atoms with Crippen LogP contribution in [0.5, 0.6) is 0 Å². The third kappa shape index (κ3) is 5.36. The van der Waals surface area contributed by atoms with Gasteiger partial charge in [-0.1, -0.05) is 11.8 Å². The number of aromatic nitrogens is 5. The summed E-state index contributed by atoms with van der Waals surface area (Å²) in [6, 6.07) is 18.7. The van der Waals surface area contributed by atoms with E-state index in [0.29, 0.717) is 29.5 Å². The molecule has 5 rings (SSSR count). The van der Waals surface area contributed by atoms with Gasteiger partial charge in [0.1, 0.15) is 0 Å². The van der Waals surface area contributed by atoms with Crippen molar-refractivity contribution in [2.45, 2.75) is 16.7 Å². The Morgan fingerprint density at radius 2 is 1.37 bits per heavy atom. The zero-order valence-corrected chi connectivity index (χ0v) is 19.3. The summed E-state index contributed by atoms with van der Waals surface area (Å²) in [4.78, 5) is 27.1. The smallest absolute Gasteiger partial charge is 0.338 e. The number of pyridine rings is 1. The Labute approximate surface area is 204 Å². The summed E-state index contributed by atoms with van der Waals surface area (Å²) < 4.78 is 9.80. The Morgan fingerprint density at radius 3 is 1.94 bits per heavy atom. The molecular formula is C24H19N7O3S. The van der Waals surface area contributed by atoms with Gasteiger partial charge < -0.3 is 15.4 Å². The molecule has 5 aromatic rings. The molecule has 0 saturated heterocycles. The maximum atomic E-state index is 11.9. The largest absolute Gasteiger partial charge is 0.462 e.